The summed E-state index contributed by atoms with van der Waals surface area (Å²) in [6.45, 7) is 0. The van der Waals surface area contributed by atoms with Crippen molar-refractivity contribution >= 4 is 41.5 Å². The van der Waals surface area contributed by atoms with Crippen LogP contribution in [0, 0.1) is 0 Å². The Kier molecular flexibility index (Phi) is 5.31. The van der Waals surface area contributed by atoms with E-state index in [4.69, 9.17) is 0 Å². The van der Waals surface area contributed by atoms with Crippen LogP contribution in [0.25, 0.3) is 11.3 Å². The van der Waals surface area contributed by atoms with Crippen molar-refractivity contribution in [3.63, 3.8) is 0 Å². The molecule has 27 heavy (non-hydrogen) atoms. The van der Waals surface area contributed by atoms with E-state index in [-0.39, 0.29) is 9.92 Å². The number of halogens is 1. The number of hydrogen-bond acceptors (Lipinski definition) is 6. The van der Waals surface area contributed by atoms with Gasteiger partial charge in [-0.3, -0.25) is 4.72 Å². The van der Waals surface area contributed by atoms with E-state index in [9.17, 15) is 16.8 Å². The van der Waals surface area contributed by atoms with Gasteiger partial charge in [0, 0.05) is 22.0 Å². The molecule has 1 heterocycles. The van der Waals surface area contributed by atoms with Crippen LogP contribution in [0.3, 0.4) is 0 Å². The summed E-state index contributed by atoms with van der Waals surface area (Å²) < 4.78 is 50.9. The van der Waals surface area contributed by atoms with Gasteiger partial charge in [0.05, 0.1) is 10.6 Å². The van der Waals surface area contributed by atoms with Gasteiger partial charge in [0.2, 0.25) is 0 Å². The molecule has 0 fully saturated rings. The fraction of sp³-hybridized carbons (Fsp3) is 0.0588. The third-order valence-electron chi connectivity index (χ3n) is 3.58. The summed E-state index contributed by atoms with van der Waals surface area (Å²) in [5.41, 5.74) is 1.54. The van der Waals surface area contributed by atoms with Gasteiger partial charge in [-0.05, 0) is 48.5 Å². The molecule has 0 saturated carbocycles. The van der Waals surface area contributed by atoms with Gasteiger partial charge < -0.3 is 0 Å². The molecule has 0 aliphatic carbocycles. The highest BCUT2D eigenvalue weighted by Crippen LogP contribution is 2.22. The van der Waals surface area contributed by atoms with Crippen molar-refractivity contribution in [2.75, 3.05) is 11.0 Å². The summed E-state index contributed by atoms with van der Waals surface area (Å²) in [6, 6.07) is 15.8. The van der Waals surface area contributed by atoms with Crippen LogP contribution in [0.5, 0.6) is 0 Å². The summed E-state index contributed by atoms with van der Waals surface area (Å²) in [4.78, 5) is 0.150. The minimum absolute atomic E-state index is 0.106. The molecule has 0 radical (unpaired) electrons. The Balaban J connectivity index is 1.80. The molecule has 0 amide bonds. The van der Waals surface area contributed by atoms with Crippen LogP contribution in [-0.4, -0.2) is 33.3 Å². The molecule has 0 spiro atoms. The minimum Gasteiger partial charge on any atom is -0.280 e. The lowest BCUT2D eigenvalue weighted by Crippen LogP contribution is -2.12. The highest BCUT2D eigenvalue weighted by atomic mass is 79.9. The monoisotopic (exact) mass is 467 g/mol. The first-order valence-corrected chi connectivity index (χ1v) is 11.7. The second-order valence-electron chi connectivity index (χ2n) is 5.67. The molecule has 0 bridgehead atoms. The van der Waals surface area contributed by atoms with Gasteiger partial charge in [-0.1, -0.05) is 28.1 Å². The third kappa shape index (κ3) is 4.71. The van der Waals surface area contributed by atoms with Crippen LogP contribution >= 0.6 is 15.9 Å². The molecule has 10 heteroatoms. The number of sulfonamides is 1. The zero-order chi connectivity index (χ0) is 19.7. The lowest BCUT2D eigenvalue weighted by Gasteiger charge is -2.09. The summed E-state index contributed by atoms with van der Waals surface area (Å²) in [5, 5.41) is 7.50. The Labute approximate surface area is 165 Å². The molecule has 0 unspecified atom stereocenters. The Bertz CT molecular complexity index is 1160. The van der Waals surface area contributed by atoms with Crippen molar-refractivity contribution in [3.05, 3.63) is 65.1 Å². The molecule has 1 aromatic heterocycles. The van der Waals surface area contributed by atoms with Crippen LogP contribution in [0.2, 0.25) is 0 Å². The zero-order valence-electron chi connectivity index (χ0n) is 14.0. The maximum atomic E-state index is 12.4. The van der Waals surface area contributed by atoms with Gasteiger partial charge >= 0.3 is 0 Å². The summed E-state index contributed by atoms with van der Waals surface area (Å²) in [7, 11) is -7.11. The van der Waals surface area contributed by atoms with Crippen molar-refractivity contribution in [1.29, 1.82) is 0 Å². The van der Waals surface area contributed by atoms with Crippen LogP contribution in [0.15, 0.2) is 75.1 Å². The van der Waals surface area contributed by atoms with Crippen LogP contribution < -0.4 is 4.72 Å². The number of sulfone groups is 1. The average Bonchev–Trinajstić information content (AvgIpc) is 2.62. The van der Waals surface area contributed by atoms with E-state index in [1.54, 1.807) is 42.5 Å². The third-order valence-corrected chi connectivity index (χ3v) is 6.48. The van der Waals surface area contributed by atoms with E-state index < -0.39 is 19.9 Å². The number of hydrogen-bond donors (Lipinski definition) is 1. The maximum Gasteiger partial charge on any atom is 0.261 e. The van der Waals surface area contributed by atoms with E-state index in [1.807, 2.05) is 0 Å². The molecule has 2 aromatic carbocycles. The number of benzene rings is 2. The fourth-order valence-corrected chi connectivity index (χ4v) is 4.04. The van der Waals surface area contributed by atoms with E-state index in [0.29, 0.717) is 16.9 Å². The van der Waals surface area contributed by atoms with E-state index in [0.717, 1.165) is 10.7 Å². The van der Waals surface area contributed by atoms with Crippen molar-refractivity contribution < 1.29 is 16.8 Å². The standard InChI is InChI=1S/C17H14BrN3O4S2/c1-26(22,23)17-11-10-16(19-20-17)12-2-6-14(7-3-12)21-27(24,25)15-8-4-13(18)5-9-15/h2-11,21H,1H3. The van der Waals surface area contributed by atoms with Gasteiger partial charge in [-0.25, -0.2) is 16.8 Å². The highest BCUT2D eigenvalue weighted by molar-refractivity contribution is 9.10. The average molecular weight is 468 g/mol. The van der Waals surface area contributed by atoms with Gasteiger partial charge in [-0.15, -0.1) is 10.2 Å². The normalized spacial score (nSPS) is 11.9. The highest BCUT2D eigenvalue weighted by Gasteiger charge is 2.14. The predicted molar refractivity (Wildman–Crippen MR) is 106 cm³/mol. The van der Waals surface area contributed by atoms with Crippen LogP contribution in [0.4, 0.5) is 5.69 Å². The van der Waals surface area contributed by atoms with Crippen molar-refractivity contribution in [1.82, 2.24) is 10.2 Å². The molecular formula is C17H14BrN3O4S2. The van der Waals surface area contributed by atoms with Crippen molar-refractivity contribution in [2.45, 2.75) is 9.92 Å². The Hall–Kier alpha value is -2.30. The second kappa shape index (κ2) is 7.37. The SMILES string of the molecule is CS(=O)(=O)c1ccc(-c2ccc(NS(=O)(=O)c3ccc(Br)cc3)cc2)nn1. The molecule has 0 aliphatic rings. The first kappa shape index (κ1) is 19.5. The maximum absolute atomic E-state index is 12.4. The Morgan fingerprint density at radius 2 is 1.44 bits per heavy atom. The lowest BCUT2D eigenvalue weighted by atomic mass is 10.1. The zero-order valence-corrected chi connectivity index (χ0v) is 17.2. The predicted octanol–water partition coefficient (Wildman–Crippen LogP) is 3.11. The summed E-state index contributed by atoms with van der Waals surface area (Å²) >= 11 is 3.26. The van der Waals surface area contributed by atoms with Crippen molar-refractivity contribution in [3.8, 4) is 11.3 Å². The first-order valence-electron chi connectivity index (χ1n) is 7.58. The molecular weight excluding hydrogens is 454 g/mol. The Morgan fingerprint density at radius 3 is 1.96 bits per heavy atom. The minimum atomic E-state index is -3.70. The van der Waals surface area contributed by atoms with Gasteiger partial charge in [0.15, 0.2) is 14.9 Å². The smallest absolute Gasteiger partial charge is 0.261 e. The molecule has 3 rings (SSSR count). The fourth-order valence-electron chi connectivity index (χ4n) is 2.21. The van der Waals surface area contributed by atoms with E-state index in [2.05, 4.69) is 30.8 Å². The largest absolute Gasteiger partial charge is 0.280 e. The molecule has 0 aliphatic heterocycles. The van der Waals surface area contributed by atoms with Crippen LogP contribution in [0.1, 0.15) is 0 Å². The molecule has 1 N–H and O–H groups in total. The molecule has 140 valence electrons. The number of anilines is 1. The van der Waals surface area contributed by atoms with Gasteiger partial charge in [0.25, 0.3) is 10.0 Å². The number of nitrogens with zero attached hydrogens (tertiary/aromatic N) is 2. The van der Waals surface area contributed by atoms with Crippen molar-refractivity contribution in [2.24, 2.45) is 0 Å². The molecule has 3 aromatic rings. The van der Waals surface area contributed by atoms with Gasteiger partial charge in [-0.2, -0.15) is 0 Å². The summed E-state index contributed by atoms with van der Waals surface area (Å²) in [5.74, 6) is 0. The second-order valence-corrected chi connectivity index (χ2v) is 10.2. The molecule has 0 saturated heterocycles. The van der Waals surface area contributed by atoms with E-state index in [1.165, 1.54) is 18.2 Å². The molecule has 7 nitrogen and oxygen atoms in total. The number of rotatable bonds is 5. The van der Waals surface area contributed by atoms with Gasteiger partial charge in [0.1, 0.15) is 0 Å². The Morgan fingerprint density at radius 1 is 0.815 bits per heavy atom. The summed E-state index contributed by atoms with van der Waals surface area (Å²) in [6.07, 6.45) is 1.06. The quantitative estimate of drug-likeness (QED) is 0.617. The molecule has 0 atom stereocenters. The number of aromatic nitrogens is 2. The lowest BCUT2D eigenvalue weighted by molar-refractivity contribution is 0.595. The first-order chi connectivity index (χ1) is 12.6. The topological polar surface area (TPSA) is 106 Å². The van der Waals surface area contributed by atoms with E-state index >= 15 is 0 Å². The van der Waals surface area contributed by atoms with Crippen LogP contribution in [-0.2, 0) is 19.9 Å². The number of nitrogens with one attached hydrogen (secondary N) is 1.